The maximum Gasteiger partial charge on any atom is 0.416 e. The fourth-order valence-corrected chi connectivity index (χ4v) is 4.09. The lowest BCUT2D eigenvalue weighted by Gasteiger charge is -2.15. The molecule has 0 unspecified atom stereocenters. The van der Waals surface area contributed by atoms with Crippen molar-refractivity contribution in [3.63, 3.8) is 0 Å². The lowest BCUT2D eigenvalue weighted by atomic mass is 9.97. The molecule has 1 nitrogen and oxygen atoms in total. The Bertz CT molecular complexity index is 1220. The first-order chi connectivity index (χ1) is 13.4. The molecule has 4 aromatic rings. The summed E-state index contributed by atoms with van der Waals surface area (Å²) in [6, 6.07) is 10.3. The molecule has 0 aliphatic heterocycles. The molecule has 4 rings (SSSR count). The Morgan fingerprint density at radius 3 is 1.83 bits per heavy atom. The van der Waals surface area contributed by atoms with Crippen molar-refractivity contribution in [1.29, 1.82) is 0 Å². The molecule has 3 aromatic carbocycles. The Morgan fingerprint density at radius 1 is 0.655 bits per heavy atom. The van der Waals surface area contributed by atoms with Crippen molar-refractivity contribution in [1.82, 2.24) is 4.98 Å². The fraction of sp³-hybridized carbons (Fsp3) is 0.100. The Hall–Kier alpha value is -2.00. The molecule has 150 valence electrons. The Kier molecular flexibility index (Phi) is 4.73. The largest absolute Gasteiger partial charge is 0.416 e. The zero-order valence-electron chi connectivity index (χ0n) is 14.1. The molecule has 0 saturated carbocycles. The highest BCUT2D eigenvalue weighted by molar-refractivity contribution is 9.10. The van der Waals surface area contributed by atoms with Crippen LogP contribution in [0.2, 0.25) is 0 Å². The molecule has 9 heteroatoms. The summed E-state index contributed by atoms with van der Waals surface area (Å²) in [7, 11) is 0. The van der Waals surface area contributed by atoms with E-state index in [2.05, 4.69) is 36.8 Å². The number of halogens is 8. The van der Waals surface area contributed by atoms with E-state index in [1.54, 1.807) is 18.2 Å². The SMILES string of the molecule is FC(F)(F)c1cc(-c2cc(Br)cc3c2[nH]c2ccc(Br)cc23)cc(C(F)(F)F)c1. The predicted octanol–water partition coefficient (Wildman–Crippen LogP) is 8.55. The minimum atomic E-state index is -4.91. The second-order valence-electron chi connectivity index (χ2n) is 6.49. The number of benzene rings is 3. The van der Waals surface area contributed by atoms with Gasteiger partial charge in [-0.25, -0.2) is 0 Å². The van der Waals surface area contributed by atoms with Crippen LogP contribution in [0.3, 0.4) is 0 Å². The maximum atomic E-state index is 13.3. The van der Waals surface area contributed by atoms with Crippen molar-refractivity contribution in [3.05, 3.63) is 68.6 Å². The number of H-pyrrole nitrogens is 1. The smallest absolute Gasteiger partial charge is 0.354 e. The molecule has 0 spiro atoms. The van der Waals surface area contributed by atoms with Gasteiger partial charge < -0.3 is 4.98 Å². The van der Waals surface area contributed by atoms with E-state index in [0.29, 0.717) is 20.9 Å². The third kappa shape index (κ3) is 3.77. The van der Waals surface area contributed by atoms with Gasteiger partial charge in [-0.05, 0) is 54.1 Å². The van der Waals surface area contributed by atoms with Crippen molar-refractivity contribution >= 4 is 53.7 Å². The average Bonchev–Trinajstić information content (AvgIpc) is 2.97. The summed E-state index contributed by atoms with van der Waals surface area (Å²) in [5, 5.41) is 1.47. The van der Waals surface area contributed by atoms with Crippen molar-refractivity contribution in [3.8, 4) is 11.1 Å². The molecule has 0 aliphatic rings. The van der Waals surface area contributed by atoms with E-state index in [4.69, 9.17) is 0 Å². The van der Waals surface area contributed by atoms with Gasteiger partial charge in [0.2, 0.25) is 0 Å². The van der Waals surface area contributed by atoms with Crippen molar-refractivity contribution in [2.75, 3.05) is 0 Å². The Labute approximate surface area is 177 Å². The summed E-state index contributed by atoms with van der Waals surface area (Å²) in [5.41, 5.74) is -1.48. The standard InChI is InChI=1S/C20H9Br2F6N/c21-12-1-2-17-15(6-12)16-8-13(22)7-14(18(16)29-17)9-3-10(19(23,24)25)5-11(4-9)20(26,27)28/h1-8,29H. The van der Waals surface area contributed by atoms with Crippen molar-refractivity contribution < 1.29 is 26.3 Å². The lowest BCUT2D eigenvalue weighted by Crippen LogP contribution is -2.11. The number of aromatic nitrogens is 1. The Balaban J connectivity index is 2.08. The predicted molar refractivity (Wildman–Crippen MR) is 107 cm³/mol. The normalized spacial score (nSPS) is 12.8. The molecule has 0 atom stereocenters. The van der Waals surface area contributed by atoms with Gasteiger partial charge in [-0.2, -0.15) is 26.3 Å². The molecule has 0 bridgehead atoms. The van der Waals surface area contributed by atoms with Crippen LogP contribution in [0.25, 0.3) is 32.9 Å². The molecule has 29 heavy (non-hydrogen) atoms. The highest BCUT2D eigenvalue weighted by Crippen LogP contribution is 2.42. The minimum absolute atomic E-state index is 0.126. The molecule has 1 aromatic heterocycles. The number of hydrogen-bond donors (Lipinski definition) is 1. The number of aromatic amines is 1. The van der Waals surface area contributed by atoms with Gasteiger partial charge in [-0.1, -0.05) is 31.9 Å². The van der Waals surface area contributed by atoms with Crippen LogP contribution < -0.4 is 0 Å². The molecular formula is C20H9Br2F6N. The van der Waals surface area contributed by atoms with Gasteiger partial charge in [0.05, 0.1) is 16.6 Å². The summed E-state index contributed by atoms with van der Waals surface area (Å²) in [5.74, 6) is 0. The number of hydrogen-bond acceptors (Lipinski definition) is 0. The molecule has 0 aliphatic carbocycles. The summed E-state index contributed by atoms with van der Waals surface area (Å²) < 4.78 is 80.9. The summed E-state index contributed by atoms with van der Waals surface area (Å²) in [6.45, 7) is 0. The van der Waals surface area contributed by atoms with Crippen LogP contribution in [-0.4, -0.2) is 4.98 Å². The van der Waals surface area contributed by atoms with Gasteiger partial charge in [-0.15, -0.1) is 0 Å². The number of rotatable bonds is 1. The topological polar surface area (TPSA) is 15.8 Å². The first kappa shape index (κ1) is 20.3. The maximum absolute atomic E-state index is 13.3. The number of nitrogens with one attached hydrogen (secondary N) is 1. The van der Waals surface area contributed by atoms with Crippen LogP contribution in [0, 0.1) is 0 Å². The molecule has 1 N–H and O–H groups in total. The quantitative estimate of drug-likeness (QED) is 0.234. The third-order valence-electron chi connectivity index (χ3n) is 4.53. The van der Waals surface area contributed by atoms with E-state index >= 15 is 0 Å². The van der Waals surface area contributed by atoms with Crippen molar-refractivity contribution in [2.45, 2.75) is 12.4 Å². The second kappa shape index (κ2) is 6.77. The molecular weight excluding hydrogens is 528 g/mol. The van der Waals surface area contributed by atoms with E-state index in [1.165, 1.54) is 6.07 Å². The van der Waals surface area contributed by atoms with Gasteiger partial charge >= 0.3 is 12.4 Å². The summed E-state index contributed by atoms with van der Waals surface area (Å²) >= 11 is 6.69. The first-order valence-electron chi connectivity index (χ1n) is 8.14. The zero-order valence-corrected chi connectivity index (χ0v) is 17.3. The van der Waals surface area contributed by atoms with E-state index in [-0.39, 0.29) is 17.2 Å². The van der Waals surface area contributed by atoms with Crippen molar-refractivity contribution in [2.24, 2.45) is 0 Å². The van der Waals surface area contributed by atoms with Crippen LogP contribution in [0.4, 0.5) is 26.3 Å². The van der Waals surface area contributed by atoms with Crippen LogP contribution >= 0.6 is 31.9 Å². The van der Waals surface area contributed by atoms with E-state index < -0.39 is 23.5 Å². The van der Waals surface area contributed by atoms with Crippen LogP contribution in [0.5, 0.6) is 0 Å². The fourth-order valence-electron chi connectivity index (χ4n) is 3.28. The highest BCUT2D eigenvalue weighted by atomic mass is 79.9. The average molecular weight is 537 g/mol. The third-order valence-corrected chi connectivity index (χ3v) is 5.48. The zero-order chi connectivity index (χ0) is 21.1. The molecule has 0 amide bonds. The summed E-state index contributed by atoms with van der Waals surface area (Å²) in [4.78, 5) is 3.11. The van der Waals surface area contributed by atoms with Gasteiger partial charge in [0.15, 0.2) is 0 Å². The number of alkyl halides is 6. The Morgan fingerprint density at radius 2 is 1.24 bits per heavy atom. The van der Waals surface area contributed by atoms with Crippen LogP contribution in [0.1, 0.15) is 11.1 Å². The second-order valence-corrected chi connectivity index (χ2v) is 8.32. The molecule has 1 heterocycles. The molecule has 0 radical (unpaired) electrons. The summed E-state index contributed by atoms with van der Waals surface area (Å²) in [6.07, 6.45) is -9.82. The molecule has 0 saturated heterocycles. The van der Waals surface area contributed by atoms with Gasteiger partial charge in [-0.3, -0.25) is 0 Å². The minimum Gasteiger partial charge on any atom is -0.354 e. The number of fused-ring (bicyclic) bond motifs is 3. The lowest BCUT2D eigenvalue weighted by molar-refractivity contribution is -0.143. The monoisotopic (exact) mass is 535 g/mol. The van der Waals surface area contributed by atoms with E-state index in [1.807, 2.05) is 6.07 Å². The van der Waals surface area contributed by atoms with Crippen LogP contribution in [-0.2, 0) is 12.4 Å². The van der Waals surface area contributed by atoms with E-state index in [0.717, 1.165) is 22.0 Å². The van der Waals surface area contributed by atoms with Gasteiger partial charge in [0.1, 0.15) is 0 Å². The van der Waals surface area contributed by atoms with Crippen LogP contribution in [0.15, 0.2) is 57.5 Å². The van der Waals surface area contributed by atoms with E-state index in [9.17, 15) is 26.3 Å². The first-order valence-corrected chi connectivity index (χ1v) is 9.72. The molecule has 0 fully saturated rings. The van der Waals surface area contributed by atoms with Gasteiger partial charge in [0, 0.05) is 30.8 Å². The van der Waals surface area contributed by atoms with Gasteiger partial charge in [0.25, 0.3) is 0 Å². The highest BCUT2D eigenvalue weighted by Gasteiger charge is 2.37.